The topological polar surface area (TPSA) is 72.5 Å². The maximum Gasteiger partial charge on any atom is 0.324 e. The van der Waals surface area contributed by atoms with E-state index in [1.165, 1.54) is 42.1 Å². The fraction of sp³-hybridized carbons (Fsp3) is 0.278. The molecule has 0 saturated carbocycles. The molecule has 0 radical (unpaired) electrons. The first-order chi connectivity index (χ1) is 12.4. The molecule has 8 heteroatoms. The number of carbonyl (C=O) groups is 1. The zero-order valence-electron chi connectivity index (χ0n) is 14.2. The number of carbonyl (C=O) groups excluding carboxylic acids is 1. The van der Waals surface area contributed by atoms with E-state index in [0.717, 1.165) is 0 Å². The fourth-order valence-corrected chi connectivity index (χ4v) is 3.89. The number of hydrogen-bond donors (Lipinski definition) is 1. The Balaban J connectivity index is 2.08. The summed E-state index contributed by atoms with van der Waals surface area (Å²) >= 11 is 1.48. The van der Waals surface area contributed by atoms with E-state index in [0.29, 0.717) is 5.75 Å². The lowest BCUT2D eigenvalue weighted by molar-refractivity contribution is -0.147. The first kappa shape index (κ1) is 20.4. The van der Waals surface area contributed by atoms with Gasteiger partial charge in [0.25, 0.3) is 0 Å². The van der Waals surface area contributed by atoms with Gasteiger partial charge in [0, 0.05) is 5.56 Å². The van der Waals surface area contributed by atoms with Crippen LogP contribution >= 0.6 is 11.8 Å². The number of ether oxygens (including phenoxy) is 1. The van der Waals surface area contributed by atoms with E-state index in [-0.39, 0.29) is 23.5 Å². The Morgan fingerprint density at radius 2 is 1.81 bits per heavy atom. The van der Waals surface area contributed by atoms with Crippen molar-refractivity contribution in [1.82, 2.24) is 4.72 Å². The highest BCUT2D eigenvalue weighted by Gasteiger charge is 2.26. The van der Waals surface area contributed by atoms with Crippen molar-refractivity contribution in [2.24, 2.45) is 0 Å². The minimum absolute atomic E-state index is 0.0658. The maximum absolute atomic E-state index is 13.6. The van der Waals surface area contributed by atoms with Crippen LogP contribution in [0.5, 0.6) is 0 Å². The molecule has 0 aliphatic carbocycles. The van der Waals surface area contributed by atoms with Gasteiger partial charge in [0.05, 0.1) is 4.90 Å². The second-order valence-electron chi connectivity index (χ2n) is 5.47. The normalized spacial score (nSPS) is 12.5. The molecule has 2 aromatic rings. The van der Waals surface area contributed by atoms with Crippen LogP contribution in [-0.2, 0) is 26.2 Å². The number of hydrogen-bond acceptors (Lipinski definition) is 5. The van der Waals surface area contributed by atoms with Gasteiger partial charge < -0.3 is 4.74 Å². The largest absolute Gasteiger partial charge is 0.460 e. The van der Waals surface area contributed by atoms with Crippen LogP contribution in [0.3, 0.4) is 0 Å². The van der Waals surface area contributed by atoms with Crippen molar-refractivity contribution in [3.63, 3.8) is 0 Å². The number of benzene rings is 2. The van der Waals surface area contributed by atoms with Gasteiger partial charge in [-0.3, -0.25) is 4.79 Å². The second-order valence-corrected chi connectivity index (χ2v) is 8.17. The van der Waals surface area contributed by atoms with Gasteiger partial charge in [0.2, 0.25) is 10.0 Å². The summed E-state index contributed by atoms with van der Waals surface area (Å²) in [5.74, 6) is -0.649. The molecule has 2 aromatic carbocycles. The molecule has 1 atom stereocenters. The molecule has 0 aliphatic heterocycles. The lowest BCUT2D eigenvalue weighted by Gasteiger charge is -2.17. The molecule has 0 amide bonds. The van der Waals surface area contributed by atoms with Crippen LogP contribution in [0.2, 0.25) is 0 Å². The van der Waals surface area contributed by atoms with Crippen LogP contribution in [0.15, 0.2) is 59.5 Å². The standard InChI is InChI=1S/C18H20FNO4S2/c1-25-12-11-17(20-26(22,23)15-8-3-2-4-9-15)18(21)24-13-14-7-5-6-10-16(14)19/h2-10,17,20H,11-13H2,1H3. The number of esters is 1. The third-order valence-electron chi connectivity index (χ3n) is 3.57. The number of rotatable bonds is 9. The van der Waals surface area contributed by atoms with Gasteiger partial charge in [0.15, 0.2) is 0 Å². The lowest BCUT2D eigenvalue weighted by atomic mass is 10.2. The smallest absolute Gasteiger partial charge is 0.324 e. The minimum atomic E-state index is -3.86. The molecular formula is C18H20FNO4S2. The van der Waals surface area contributed by atoms with E-state index in [1.54, 1.807) is 24.3 Å². The summed E-state index contributed by atoms with van der Waals surface area (Å²) in [5.41, 5.74) is 0.232. The average molecular weight is 397 g/mol. The molecule has 5 nitrogen and oxygen atoms in total. The summed E-state index contributed by atoms with van der Waals surface area (Å²) in [6, 6.07) is 12.7. The third kappa shape index (κ3) is 5.82. The van der Waals surface area contributed by atoms with Crippen LogP contribution in [0.4, 0.5) is 4.39 Å². The molecule has 0 saturated heterocycles. The summed E-state index contributed by atoms with van der Waals surface area (Å²) in [4.78, 5) is 12.4. The molecule has 2 rings (SSSR count). The molecule has 140 valence electrons. The van der Waals surface area contributed by atoms with Crippen molar-refractivity contribution in [2.75, 3.05) is 12.0 Å². The van der Waals surface area contributed by atoms with Crippen LogP contribution in [-0.4, -0.2) is 32.4 Å². The summed E-state index contributed by atoms with van der Waals surface area (Å²) in [6.45, 7) is -0.256. The molecule has 0 heterocycles. The molecule has 0 fully saturated rings. The van der Waals surface area contributed by atoms with Gasteiger partial charge in [-0.25, -0.2) is 12.8 Å². The van der Waals surface area contributed by atoms with E-state index in [2.05, 4.69) is 4.72 Å². The summed E-state index contributed by atoms with van der Waals surface area (Å²) in [5, 5.41) is 0. The second kappa shape index (κ2) is 9.70. The minimum Gasteiger partial charge on any atom is -0.460 e. The lowest BCUT2D eigenvalue weighted by Crippen LogP contribution is -2.42. The average Bonchev–Trinajstić information content (AvgIpc) is 2.65. The van der Waals surface area contributed by atoms with E-state index in [4.69, 9.17) is 4.74 Å². The monoisotopic (exact) mass is 397 g/mol. The number of nitrogens with one attached hydrogen (secondary N) is 1. The predicted molar refractivity (Wildman–Crippen MR) is 99.7 cm³/mol. The van der Waals surface area contributed by atoms with E-state index < -0.39 is 27.9 Å². The molecule has 1 N–H and O–H groups in total. The Hall–Kier alpha value is -1.90. The van der Waals surface area contributed by atoms with Gasteiger partial charge in [-0.05, 0) is 36.6 Å². The summed E-state index contributed by atoms with van der Waals surface area (Å²) in [7, 11) is -3.86. The predicted octanol–water partition coefficient (Wildman–Crippen LogP) is 2.97. The zero-order chi connectivity index (χ0) is 19.0. The number of thioether (sulfide) groups is 1. The Bertz CT molecular complexity index is 828. The van der Waals surface area contributed by atoms with Crippen molar-refractivity contribution in [3.05, 3.63) is 66.0 Å². The van der Waals surface area contributed by atoms with E-state index in [9.17, 15) is 17.6 Å². The van der Waals surface area contributed by atoms with Crippen molar-refractivity contribution >= 4 is 27.8 Å². The van der Waals surface area contributed by atoms with Gasteiger partial charge in [-0.15, -0.1) is 0 Å². The SMILES string of the molecule is CSCCC(NS(=O)(=O)c1ccccc1)C(=O)OCc1ccccc1F. The van der Waals surface area contributed by atoms with Gasteiger partial charge in [0.1, 0.15) is 18.5 Å². The molecule has 0 aromatic heterocycles. The van der Waals surface area contributed by atoms with Crippen LogP contribution < -0.4 is 4.72 Å². The van der Waals surface area contributed by atoms with Crippen LogP contribution in [0, 0.1) is 5.82 Å². The number of sulfonamides is 1. The summed E-state index contributed by atoms with van der Waals surface area (Å²) < 4.78 is 46.1. The van der Waals surface area contributed by atoms with Crippen LogP contribution in [0.1, 0.15) is 12.0 Å². The molecule has 0 spiro atoms. The Morgan fingerprint density at radius 3 is 2.46 bits per heavy atom. The molecule has 0 aliphatic rings. The fourth-order valence-electron chi connectivity index (χ4n) is 2.18. The van der Waals surface area contributed by atoms with Gasteiger partial charge in [-0.1, -0.05) is 36.4 Å². The molecular weight excluding hydrogens is 377 g/mol. The van der Waals surface area contributed by atoms with Crippen molar-refractivity contribution in [1.29, 1.82) is 0 Å². The molecule has 0 bridgehead atoms. The van der Waals surface area contributed by atoms with Crippen LogP contribution in [0.25, 0.3) is 0 Å². The Morgan fingerprint density at radius 1 is 1.15 bits per heavy atom. The first-order valence-corrected chi connectivity index (χ1v) is 10.8. The number of halogens is 1. The zero-order valence-corrected chi connectivity index (χ0v) is 15.9. The van der Waals surface area contributed by atoms with E-state index in [1.807, 2.05) is 6.26 Å². The molecule has 1 unspecified atom stereocenters. The van der Waals surface area contributed by atoms with E-state index >= 15 is 0 Å². The highest BCUT2D eigenvalue weighted by molar-refractivity contribution is 7.98. The maximum atomic E-state index is 13.6. The third-order valence-corrected chi connectivity index (χ3v) is 5.71. The molecule has 26 heavy (non-hydrogen) atoms. The highest BCUT2D eigenvalue weighted by Crippen LogP contribution is 2.13. The Kier molecular flexibility index (Phi) is 7.62. The first-order valence-electron chi connectivity index (χ1n) is 7.90. The van der Waals surface area contributed by atoms with Gasteiger partial charge in [-0.2, -0.15) is 16.5 Å². The van der Waals surface area contributed by atoms with Crippen molar-refractivity contribution < 1.29 is 22.3 Å². The van der Waals surface area contributed by atoms with Gasteiger partial charge >= 0.3 is 5.97 Å². The summed E-state index contributed by atoms with van der Waals surface area (Å²) in [6.07, 6.45) is 2.12. The van der Waals surface area contributed by atoms with Crippen molar-refractivity contribution in [3.8, 4) is 0 Å². The highest BCUT2D eigenvalue weighted by atomic mass is 32.2. The Labute approximate surface area is 157 Å². The quantitative estimate of drug-likeness (QED) is 0.659. The van der Waals surface area contributed by atoms with Crippen molar-refractivity contribution in [2.45, 2.75) is 24.0 Å².